The van der Waals surface area contributed by atoms with E-state index in [0.717, 1.165) is 11.4 Å². The highest BCUT2D eigenvalue weighted by atomic mass is 19.1. The van der Waals surface area contributed by atoms with Gasteiger partial charge < -0.3 is 5.32 Å². The Hall–Kier alpha value is -3.02. The molecule has 1 aromatic carbocycles. The van der Waals surface area contributed by atoms with Crippen LogP contribution in [0.3, 0.4) is 0 Å². The van der Waals surface area contributed by atoms with Crippen molar-refractivity contribution in [2.75, 3.05) is 0 Å². The Labute approximate surface area is 177 Å². The lowest BCUT2D eigenvalue weighted by molar-refractivity contribution is 0.0919. The lowest BCUT2D eigenvalue weighted by Gasteiger charge is -2.22. The van der Waals surface area contributed by atoms with E-state index in [2.05, 4.69) is 31.1 Å². The number of carbonyl (C=O) groups is 1. The number of benzene rings is 1. The zero-order valence-electron chi connectivity index (χ0n) is 18.7. The maximum absolute atomic E-state index is 13.8. The van der Waals surface area contributed by atoms with Gasteiger partial charge in [-0.3, -0.25) is 9.36 Å². The van der Waals surface area contributed by atoms with E-state index in [1.807, 2.05) is 31.5 Å². The van der Waals surface area contributed by atoms with Crippen LogP contribution < -0.4 is 5.32 Å². The number of halogens is 1. The van der Waals surface area contributed by atoms with Gasteiger partial charge in [-0.05, 0) is 63.6 Å². The lowest BCUT2D eigenvalue weighted by Crippen LogP contribution is -2.40. The standard InChI is InChI=1S/C24H29FN4O/c1-15-12-16(8-9-18(15)25)19-13-17(21(30)28-24(5,6)7)14-20(27-19)29-11-10-26-22(29)23(2,3)4/h8-14H,1-7H3,(H,28,30). The summed E-state index contributed by atoms with van der Waals surface area (Å²) in [5.74, 6) is 0.967. The van der Waals surface area contributed by atoms with Crippen LogP contribution in [-0.4, -0.2) is 26.0 Å². The minimum atomic E-state index is -0.376. The average molecular weight is 409 g/mol. The number of nitrogens with one attached hydrogen (secondary N) is 1. The Morgan fingerprint density at radius 1 is 1.07 bits per heavy atom. The second kappa shape index (κ2) is 7.67. The molecular weight excluding hydrogens is 379 g/mol. The quantitative estimate of drug-likeness (QED) is 0.647. The molecule has 1 amide bonds. The molecule has 5 nitrogen and oxygen atoms in total. The minimum Gasteiger partial charge on any atom is -0.347 e. The van der Waals surface area contributed by atoms with Gasteiger partial charge in [0.2, 0.25) is 0 Å². The van der Waals surface area contributed by atoms with Gasteiger partial charge in [-0.25, -0.2) is 14.4 Å². The molecular formula is C24H29FN4O. The zero-order valence-corrected chi connectivity index (χ0v) is 18.7. The number of rotatable bonds is 3. The molecule has 0 aliphatic rings. The van der Waals surface area contributed by atoms with Crippen LogP contribution in [0.2, 0.25) is 0 Å². The number of amides is 1. The van der Waals surface area contributed by atoms with E-state index >= 15 is 0 Å². The summed E-state index contributed by atoms with van der Waals surface area (Å²) in [6.07, 6.45) is 3.57. The van der Waals surface area contributed by atoms with Gasteiger partial charge in [0, 0.05) is 34.5 Å². The smallest absolute Gasteiger partial charge is 0.251 e. The van der Waals surface area contributed by atoms with Crippen LogP contribution in [0.15, 0.2) is 42.7 Å². The number of hydrogen-bond donors (Lipinski definition) is 1. The number of aryl methyl sites for hydroxylation is 1. The van der Waals surface area contributed by atoms with Crippen LogP contribution in [0.25, 0.3) is 17.1 Å². The molecule has 0 unspecified atom stereocenters. The Bertz CT molecular complexity index is 1090. The second-order valence-electron chi connectivity index (χ2n) is 9.64. The van der Waals surface area contributed by atoms with Crippen molar-refractivity contribution < 1.29 is 9.18 Å². The third-order valence-electron chi connectivity index (χ3n) is 4.57. The van der Waals surface area contributed by atoms with Gasteiger partial charge in [0.25, 0.3) is 5.91 Å². The van der Waals surface area contributed by atoms with Gasteiger partial charge in [-0.15, -0.1) is 0 Å². The molecule has 0 atom stereocenters. The molecule has 0 bridgehead atoms. The highest BCUT2D eigenvalue weighted by Gasteiger charge is 2.23. The van der Waals surface area contributed by atoms with Crippen molar-refractivity contribution in [3.05, 3.63) is 65.5 Å². The molecule has 0 radical (unpaired) electrons. The van der Waals surface area contributed by atoms with E-state index < -0.39 is 0 Å². The second-order valence-corrected chi connectivity index (χ2v) is 9.64. The van der Waals surface area contributed by atoms with Gasteiger partial charge in [0.15, 0.2) is 0 Å². The van der Waals surface area contributed by atoms with E-state index in [4.69, 9.17) is 4.98 Å². The van der Waals surface area contributed by atoms with Crippen molar-refractivity contribution in [2.24, 2.45) is 0 Å². The molecule has 0 aliphatic carbocycles. The first-order chi connectivity index (χ1) is 13.8. The Kier molecular flexibility index (Phi) is 5.54. The molecule has 2 aromatic heterocycles. The van der Waals surface area contributed by atoms with Crippen LogP contribution in [0.5, 0.6) is 0 Å². The average Bonchev–Trinajstić information content (AvgIpc) is 3.12. The van der Waals surface area contributed by atoms with E-state index in [9.17, 15) is 9.18 Å². The topological polar surface area (TPSA) is 59.8 Å². The first kappa shape index (κ1) is 21.7. The Balaban J connectivity index is 2.20. The van der Waals surface area contributed by atoms with Crippen molar-refractivity contribution in [2.45, 2.75) is 59.4 Å². The molecule has 0 saturated carbocycles. The fourth-order valence-corrected chi connectivity index (χ4v) is 3.18. The number of imidazole rings is 1. The zero-order chi connectivity index (χ0) is 22.3. The minimum absolute atomic E-state index is 0.191. The summed E-state index contributed by atoms with van der Waals surface area (Å²) in [7, 11) is 0. The first-order valence-corrected chi connectivity index (χ1v) is 10.0. The van der Waals surface area contributed by atoms with Crippen LogP contribution in [0, 0.1) is 12.7 Å². The van der Waals surface area contributed by atoms with Gasteiger partial charge in [0.1, 0.15) is 17.5 Å². The third kappa shape index (κ3) is 4.75. The van der Waals surface area contributed by atoms with Crippen molar-refractivity contribution in [1.29, 1.82) is 0 Å². The number of carbonyl (C=O) groups excluding carboxylic acids is 1. The lowest BCUT2D eigenvalue weighted by atomic mass is 9.95. The van der Waals surface area contributed by atoms with Crippen molar-refractivity contribution in [3.63, 3.8) is 0 Å². The molecule has 1 N–H and O–H groups in total. The Morgan fingerprint density at radius 3 is 2.37 bits per heavy atom. The summed E-state index contributed by atoms with van der Waals surface area (Å²) in [6.45, 7) is 13.7. The van der Waals surface area contributed by atoms with Crippen molar-refractivity contribution in [1.82, 2.24) is 19.9 Å². The van der Waals surface area contributed by atoms with E-state index in [-0.39, 0.29) is 22.7 Å². The third-order valence-corrected chi connectivity index (χ3v) is 4.57. The number of aromatic nitrogens is 3. The van der Waals surface area contributed by atoms with E-state index in [1.54, 1.807) is 37.4 Å². The summed E-state index contributed by atoms with van der Waals surface area (Å²) in [6, 6.07) is 8.35. The molecule has 2 heterocycles. The maximum atomic E-state index is 13.8. The predicted molar refractivity (Wildman–Crippen MR) is 117 cm³/mol. The van der Waals surface area contributed by atoms with Crippen LogP contribution in [0.1, 0.15) is 63.3 Å². The summed E-state index contributed by atoms with van der Waals surface area (Å²) < 4.78 is 15.7. The highest BCUT2D eigenvalue weighted by molar-refractivity contribution is 5.96. The van der Waals surface area contributed by atoms with E-state index in [0.29, 0.717) is 22.6 Å². The van der Waals surface area contributed by atoms with Crippen LogP contribution >= 0.6 is 0 Å². The SMILES string of the molecule is Cc1cc(-c2cc(C(=O)NC(C)(C)C)cc(-n3ccnc3C(C)(C)C)n2)ccc1F. The monoisotopic (exact) mass is 408 g/mol. The molecule has 0 spiro atoms. The molecule has 30 heavy (non-hydrogen) atoms. The molecule has 0 aliphatic heterocycles. The van der Waals surface area contributed by atoms with Crippen LogP contribution in [-0.2, 0) is 5.41 Å². The Morgan fingerprint density at radius 2 is 1.77 bits per heavy atom. The summed E-state index contributed by atoms with van der Waals surface area (Å²) in [5, 5.41) is 3.00. The fourth-order valence-electron chi connectivity index (χ4n) is 3.18. The van der Waals surface area contributed by atoms with Gasteiger partial charge in [-0.2, -0.15) is 0 Å². The number of hydrogen-bond acceptors (Lipinski definition) is 3. The number of nitrogens with zero attached hydrogens (tertiary/aromatic N) is 3. The molecule has 158 valence electrons. The molecule has 3 aromatic rings. The summed E-state index contributed by atoms with van der Waals surface area (Å²) >= 11 is 0. The molecule has 6 heteroatoms. The van der Waals surface area contributed by atoms with Crippen LogP contribution in [0.4, 0.5) is 4.39 Å². The largest absolute Gasteiger partial charge is 0.347 e. The first-order valence-electron chi connectivity index (χ1n) is 10.0. The highest BCUT2D eigenvalue weighted by Crippen LogP contribution is 2.27. The number of pyridine rings is 1. The van der Waals surface area contributed by atoms with Crippen molar-refractivity contribution >= 4 is 5.91 Å². The molecule has 0 saturated heterocycles. The van der Waals surface area contributed by atoms with Crippen molar-refractivity contribution in [3.8, 4) is 17.1 Å². The van der Waals surface area contributed by atoms with Gasteiger partial charge >= 0.3 is 0 Å². The van der Waals surface area contributed by atoms with Gasteiger partial charge in [-0.1, -0.05) is 20.8 Å². The van der Waals surface area contributed by atoms with Gasteiger partial charge in [0.05, 0.1) is 5.69 Å². The summed E-state index contributed by atoms with van der Waals surface area (Å²) in [5.41, 5.74) is 1.78. The summed E-state index contributed by atoms with van der Waals surface area (Å²) in [4.78, 5) is 22.2. The van der Waals surface area contributed by atoms with E-state index in [1.165, 1.54) is 6.07 Å². The predicted octanol–water partition coefficient (Wildman–Crippen LogP) is 5.21. The maximum Gasteiger partial charge on any atom is 0.251 e. The molecule has 0 fully saturated rings. The molecule has 3 rings (SSSR count). The normalized spacial score (nSPS) is 12.1. The fraction of sp³-hybridized carbons (Fsp3) is 0.375.